The molecule has 0 aliphatic rings. The number of rotatable bonds is 2. The van der Waals surface area contributed by atoms with Crippen molar-refractivity contribution < 1.29 is 0 Å². The number of hydrogen-bond donors (Lipinski definition) is 2. The number of pyridine rings is 1. The molecule has 0 radical (unpaired) electrons. The maximum atomic E-state index is 5.89. The number of nitrogens with two attached hydrogens (primary N) is 1. The lowest BCUT2D eigenvalue weighted by molar-refractivity contribution is 1.28. The molecule has 17 heavy (non-hydrogen) atoms. The Bertz CT molecular complexity index is 555. The predicted molar refractivity (Wildman–Crippen MR) is 78.5 cm³/mol. The van der Waals surface area contributed by atoms with Crippen molar-refractivity contribution in [3.63, 3.8) is 0 Å². The summed E-state index contributed by atoms with van der Waals surface area (Å²) in [6.07, 6.45) is 1.71. The maximum absolute atomic E-state index is 5.89. The molecule has 5 heteroatoms. The van der Waals surface area contributed by atoms with Crippen molar-refractivity contribution >= 4 is 49.1 Å². The lowest BCUT2D eigenvalue weighted by Crippen LogP contribution is -2.00. The van der Waals surface area contributed by atoms with Gasteiger partial charge in [-0.2, -0.15) is 0 Å². The number of benzene rings is 1. The molecule has 0 bridgehead atoms. The van der Waals surface area contributed by atoms with Gasteiger partial charge in [0.25, 0.3) is 0 Å². The molecular weight excluding hydrogens is 346 g/mol. The van der Waals surface area contributed by atoms with E-state index in [0.29, 0.717) is 11.5 Å². The first-order valence-electron chi connectivity index (χ1n) is 5.01. The van der Waals surface area contributed by atoms with Crippen LogP contribution >= 0.6 is 31.9 Å². The van der Waals surface area contributed by atoms with Crippen LogP contribution in [0.4, 0.5) is 17.2 Å². The van der Waals surface area contributed by atoms with E-state index >= 15 is 0 Å². The second-order valence-electron chi connectivity index (χ2n) is 3.63. The number of nitrogens with zero attached hydrogens (tertiary/aromatic N) is 1. The van der Waals surface area contributed by atoms with Crippen LogP contribution in [0, 0.1) is 6.92 Å². The molecule has 0 unspecified atom stereocenters. The molecule has 0 atom stereocenters. The third-order valence-corrected chi connectivity index (χ3v) is 3.70. The van der Waals surface area contributed by atoms with Crippen molar-refractivity contribution in [2.75, 3.05) is 11.1 Å². The summed E-state index contributed by atoms with van der Waals surface area (Å²) in [5, 5.41) is 3.22. The molecule has 0 saturated heterocycles. The van der Waals surface area contributed by atoms with Gasteiger partial charge in [-0.25, -0.2) is 4.98 Å². The lowest BCUT2D eigenvalue weighted by Gasteiger charge is -2.11. The molecule has 2 aromatic rings. The number of nitrogens with one attached hydrogen (secondary N) is 1. The highest BCUT2D eigenvalue weighted by atomic mass is 79.9. The van der Waals surface area contributed by atoms with E-state index in [1.54, 1.807) is 6.20 Å². The fourth-order valence-electron chi connectivity index (χ4n) is 1.43. The average Bonchev–Trinajstić information content (AvgIpc) is 2.28. The van der Waals surface area contributed by atoms with Crippen molar-refractivity contribution in [1.82, 2.24) is 4.98 Å². The normalized spacial score (nSPS) is 10.3. The molecule has 0 amide bonds. The summed E-state index contributed by atoms with van der Waals surface area (Å²) in [5.74, 6) is 0.661. The van der Waals surface area contributed by atoms with E-state index in [9.17, 15) is 0 Å². The topological polar surface area (TPSA) is 50.9 Å². The zero-order valence-electron chi connectivity index (χ0n) is 9.17. The average molecular weight is 357 g/mol. The number of hydrogen-bond acceptors (Lipinski definition) is 3. The molecule has 1 heterocycles. The van der Waals surface area contributed by atoms with Crippen LogP contribution in [-0.4, -0.2) is 4.98 Å². The van der Waals surface area contributed by atoms with Crippen LogP contribution in [-0.2, 0) is 0 Å². The molecule has 0 aliphatic heterocycles. The minimum absolute atomic E-state index is 0.610. The first-order valence-corrected chi connectivity index (χ1v) is 6.59. The standard InChI is InChI=1S/C12H11Br2N3/c1-7-9(14)3-2-4-11(7)17-12-10(15)5-8(13)6-16-12/h2-6H,15H2,1H3,(H,16,17). The third kappa shape index (κ3) is 2.79. The molecule has 2 rings (SSSR count). The van der Waals surface area contributed by atoms with Gasteiger partial charge in [0.15, 0.2) is 5.82 Å². The summed E-state index contributed by atoms with van der Waals surface area (Å²) in [4.78, 5) is 4.25. The highest BCUT2D eigenvalue weighted by Gasteiger charge is 2.05. The van der Waals surface area contributed by atoms with Gasteiger partial charge in [-0.05, 0) is 46.6 Å². The Balaban J connectivity index is 2.35. The molecule has 88 valence electrons. The predicted octanol–water partition coefficient (Wildman–Crippen LogP) is 4.24. The van der Waals surface area contributed by atoms with Crippen molar-refractivity contribution in [2.45, 2.75) is 6.92 Å². The van der Waals surface area contributed by atoms with Crippen molar-refractivity contribution in [1.29, 1.82) is 0 Å². The first kappa shape index (κ1) is 12.4. The maximum Gasteiger partial charge on any atom is 0.153 e. The minimum atomic E-state index is 0.610. The molecule has 0 spiro atoms. The third-order valence-electron chi connectivity index (χ3n) is 2.40. The fourth-order valence-corrected chi connectivity index (χ4v) is 2.15. The quantitative estimate of drug-likeness (QED) is 0.846. The largest absolute Gasteiger partial charge is 0.396 e. The van der Waals surface area contributed by atoms with Crippen LogP contribution in [0.15, 0.2) is 39.4 Å². The molecule has 0 fully saturated rings. The second kappa shape index (κ2) is 5.06. The molecular formula is C12H11Br2N3. The summed E-state index contributed by atoms with van der Waals surface area (Å²) in [5.41, 5.74) is 8.61. The summed E-state index contributed by atoms with van der Waals surface area (Å²) in [6.45, 7) is 2.03. The molecule has 1 aromatic heterocycles. The van der Waals surface area contributed by atoms with Gasteiger partial charge in [0, 0.05) is 20.8 Å². The lowest BCUT2D eigenvalue weighted by atomic mass is 10.2. The van der Waals surface area contributed by atoms with Crippen molar-refractivity contribution in [3.8, 4) is 0 Å². The van der Waals surface area contributed by atoms with Crippen LogP contribution in [0.25, 0.3) is 0 Å². The van der Waals surface area contributed by atoms with E-state index in [1.807, 2.05) is 31.2 Å². The van der Waals surface area contributed by atoms with Gasteiger partial charge in [-0.15, -0.1) is 0 Å². The van der Waals surface area contributed by atoms with Gasteiger partial charge in [-0.1, -0.05) is 22.0 Å². The smallest absolute Gasteiger partial charge is 0.153 e. The summed E-state index contributed by atoms with van der Waals surface area (Å²) in [6, 6.07) is 7.78. The summed E-state index contributed by atoms with van der Waals surface area (Å²) < 4.78 is 1.92. The van der Waals surface area contributed by atoms with Gasteiger partial charge in [0.05, 0.1) is 5.69 Å². The van der Waals surface area contributed by atoms with E-state index in [0.717, 1.165) is 20.2 Å². The van der Waals surface area contributed by atoms with Crippen molar-refractivity contribution in [2.24, 2.45) is 0 Å². The Kier molecular flexibility index (Phi) is 3.69. The molecule has 1 aromatic carbocycles. The van der Waals surface area contributed by atoms with E-state index in [4.69, 9.17) is 5.73 Å². The number of halogens is 2. The Hall–Kier alpha value is -1.07. The van der Waals surface area contributed by atoms with Crippen LogP contribution in [0.5, 0.6) is 0 Å². The molecule has 3 N–H and O–H groups in total. The minimum Gasteiger partial charge on any atom is -0.396 e. The zero-order chi connectivity index (χ0) is 12.4. The van der Waals surface area contributed by atoms with Gasteiger partial charge in [0.1, 0.15) is 0 Å². The Morgan fingerprint density at radius 1 is 1.29 bits per heavy atom. The monoisotopic (exact) mass is 355 g/mol. The Morgan fingerprint density at radius 3 is 2.76 bits per heavy atom. The van der Waals surface area contributed by atoms with Crippen LogP contribution in [0.2, 0.25) is 0 Å². The van der Waals surface area contributed by atoms with Crippen LogP contribution < -0.4 is 11.1 Å². The second-order valence-corrected chi connectivity index (χ2v) is 5.40. The van der Waals surface area contributed by atoms with Gasteiger partial charge < -0.3 is 11.1 Å². The SMILES string of the molecule is Cc1c(Br)cccc1Nc1ncc(Br)cc1N. The fraction of sp³-hybridized carbons (Fsp3) is 0.0833. The zero-order valence-corrected chi connectivity index (χ0v) is 12.3. The summed E-state index contributed by atoms with van der Waals surface area (Å²) >= 11 is 6.82. The summed E-state index contributed by atoms with van der Waals surface area (Å²) in [7, 11) is 0. The Morgan fingerprint density at radius 2 is 2.06 bits per heavy atom. The van der Waals surface area contributed by atoms with Crippen LogP contribution in [0.1, 0.15) is 5.56 Å². The van der Waals surface area contributed by atoms with Gasteiger partial charge in [0.2, 0.25) is 0 Å². The van der Waals surface area contributed by atoms with E-state index in [-0.39, 0.29) is 0 Å². The van der Waals surface area contributed by atoms with E-state index < -0.39 is 0 Å². The number of anilines is 3. The molecule has 0 aliphatic carbocycles. The molecule has 0 saturated carbocycles. The first-order chi connectivity index (χ1) is 8.08. The van der Waals surface area contributed by atoms with Crippen LogP contribution in [0.3, 0.4) is 0 Å². The highest BCUT2D eigenvalue weighted by molar-refractivity contribution is 9.10. The number of aromatic nitrogens is 1. The van der Waals surface area contributed by atoms with Gasteiger partial charge in [-0.3, -0.25) is 0 Å². The van der Waals surface area contributed by atoms with E-state index in [1.165, 1.54) is 0 Å². The van der Waals surface area contributed by atoms with Crippen molar-refractivity contribution in [3.05, 3.63) is 45.0 Å². The number of nitrogen functional groups attached to an aromatic ring is 1. The van der Waals surface area contributed by atoms with E-state index in [2.05, 4.69) is 42.2 Å². The van der Waals surface area contributed by atoms with Gasteiger partial charge >= 0.3 is 0 Å². The molecule has 3 nitrogen and oxygen atoms in total. The highest BCUT2D eigenvalue weighted by Crippen LogP contribution is 2.28. The Labute approximate surface area is 117 Å².